The first-order valence-corrected chi connectivity index (χ1v) is 11.3. The summed E-state index contributed by atoms with van der Waals surface area (Å²) in [4.78, 5) is 34.6. The van der Waals surface area contributed by atoms with Gasteiger partial charge in [-0.15, -0.1) is 0 Å². The van der Waals surface area contributed by atoms with Gasteiger partial charge in [0.1, 0.15) is 5.92 Å². The summed E-state index contributed by atoms with van der Waals surface area (Å²) in [7, 11) is 0. The summed E-state index contributed by atoms with van der Waals surface area (Å²) in [6.07, 6.45) is -0.856. The molecule has 3 aromatic carbocycles. The van der Waals surface area contributed by atoms with Crippen molar-refractivity contribution in [2.75, 3.05) is 9.96 Å². The number of aryl methyl sites for hydroxylation is 1. The van der Waals surface area contributed by atoms with Gasteiger partial charge in [-0.25, -0.2) is 9.96 Å². The third-order valence-corrected chi connectivity index (χ3v) is 6.50. The molecule has 5 heteroatoms. The lowest BCUT2D eigenvalue weighted by Crippen LogP contribution is -2.37. The molecule has 0 spiro atoms. The predicted molar refractivity (Wildman–Crippen MR) is 129 cm³/mol. The highest BCUT2D eigenvalue weighted by Gasteiger charge is 2.60. The molecule has 2 aliphatic heterocycles. The van der Waals surface area contributed by atoms with Crippen molar-refractivity contribution in [3.8, 4) is 0 Å². The van der Waals surface area contributed by atoms with E-state index in [-0.39, 0.29) is 17.2 Å². The Morgan fingerprint density at radius 1 is 0.788 bits per heavy atom. The van der Waals surface area contributed by atoms with E-state index in [1.165, 1.54) is 10.5 Å². The van der Waals surface area contributed by atoms with E-state index in [0.29, 0.717) is 5.69 Å². The molecule has 0 unspecified atom stereocenters. The van der Waals surface area contributed by atoms with Crippen LogP contribution in [0.4, 0.5) is 11.4 Å². The van der Waals surface area contributed by atoms with Crippen molar-refractivity contribution in [3.05, 3.63) is 95.6 Å². The second kappa shape index (κ2) is 7.85. The lowest BCUT2D eigenvalue weighted by Gasteiger charge is -2.29. The summed E-state index contributed by atoms with van der Waals surface area (Å²) >= 11 is 0. The summed E-state index contributed by atoms with van der Waals surface area (Å²) in [6, 6.07) is 25.0. The molecular formula is C28H28N2O3. The van der Waals surface area contributed by atoms with Gasteiger partial charge < -0.3 is 0 Å². The van der Waals surface area contributed by atoms with Gasteiger partial charge in [-0.1, -0.05) is 75.4 Å². The Kier molecular flexibility index (Phi) is 5.09. The van der Waals surface area contributed by atoms with Crippen LogP contribution in [-0.2, 0) is 19.8 Å². The molecule has 5 nitrogen and oxygen atoms in total. The third-order valence-electron chi connectivity index (χ3n) is 6.50. The molecule has 0 N–H and O–H groups in total. The van der Waals surface area contributed by atoms with Crippen molar-refractivity contribution in [3.63, 3.8) is 0 Å². The minimum absolute atomic E-state index is 0.0213. The van der Waals surface area contributed by atoms with Crippen LogP contribution in [0, 0.1) is 12.8 Å². The number of imide groups is 1. The van der Waals surface area contributed by atoms with Gasteiger partial charge in [-0.2, -0.15) is 0 Å². The molecule has 2 saturated heterocycles. The zero-order valence-corrected chi connectivity index (χ0v) is 19.4. The number of hydrogen-bond donors (Lipinski definition) is 0. The molecule has 5 rings (SSSR count). The van der Waals surface area contributed by atoms with Crippen LogP contribution >= 0.6 is 0 Å². The van der Waals surface area contributed by atoms with Gasteiger partial charge in [0.25, 0.3) is 5.91 Å². The zero-order chi connectivity index (χ0) is 23.3. The molecule has 0 radical (unpaired) electrons. The van der Waals surface area contributed by atoms with Crippen LogP contribution in [0.5, 0.6) is 0 Å². The molecule has 0 bridgehead atoms. The minimum Gasteiger partial charge on any atom is -0.273 e. The smallest absolute Gasteiger partial charge is 0.266 e. The highest BCUT2D eigenvalue weighted by Crippen LogP contribution is 2.47. The number of hydrogen-bond acceptors (Lipinski definition) is 4. The van der Waals surface area contributed by atoms with Gasteiger partial charge in [-0.05, 0) is 53.3 Å². The maximum absolute atomic E-state index is 13.7. The third kappa shape index (κ3) is 3.62. The molecule has 0 saturated carbocycles. The highest BCUT2D eigenvalue weighted by atomic mass is 16.7. The van der Waals surface area contributed by atoms with Crippen molar-refractivity contribution in [1.29, 1.82) is 0 Å². The van der Waals surface area contributed by atoms with Crippen LogP contribution in [0.3, 0.4) is 0 Å². The van der Waals surface area contributed by atoms with Crippen molar-refractivity contribution < 1.29 is 14.4 Å². The number of amides is 2. The van der Waals surface area contributed by atoms with E-state index >= 15 is 0 Å². The Hall–Kier alpha value is -3.44. The number of rotatable bonds is 3. The Balaban J connectivity index is 1.57. The molecule has 3 atom stereocenters. The number of carbonyl (C=O) groups excluding carboxylic acids is 2. The van der Waals surface area contributed by atoms with Crippen LogP contribution in [0.1, 0.15) is 43.5 Å². The quantitative estimate of drug-likeness (QED) is 0.516. The fourth-order valence-corrected chi connectivity index (χ4v) is 4.75. The van der Waals surface area contributed by atoms with Crippen LogP contribution in [-0.4, -0.2) is 17.9 Å². The lowest BCUT2D eigenvalue weighted by atomic mass is 9.84. The molecule has 3 aromatic rings. The zero-order valence-electron chi connectivity index (χ0n) is 19.4. The fourth-order valence-electron chi connectivity index (χ4n) is 4.75. The topological polar surface area (TPSA) is 49.9 Å². The number of fused-ring (bicyclic) bond motifs is 1. The van der Waals surface area contributed by atoms with Crippen LogP contribution in [0.2, 0.25) is 0 Å². The van der Waals surface area contributed by atoms with E-state index < -0.39 is 18.1 Å². The molecule has 2 fully saturated rings. The summed E-state index contributed by atoms with van der Waals surface area (Å²) in [5.41, 5.74) is 4.59. The second-order valence-electron chi connectivity index (χ2n) is 9.88. The van der Waals surface area contributed by atoms with E-state index in [2.05, 4.69) is 45.0 Å². The van der Waals surface area contributed by atoms with E-state index in [1.54, 1.807) is 11.1 Å². The first-order valence-electron chi connectivity index (χ1n) is 11.3. The summed E-state index contributed by atoms with van der Waals surface area (Å²) in [6.45, 7) is 8.46. The first-order chi connectivity index (χ1) is 15.8. The molecule has 168 valence electrons. The van der Waals surface area contributed by atoms with Crippen molar-refractivity contribution >= 4 is 23.2 Å². The fraction of sp³-hybridized carbons (Fsp3) is 0.286. The average molecular weight is 441 g/mol. The standard InChI is InChI=1S/C28H28N2O3/c1-18-9-8-12-22(17-18)29-26(31)23-24(19-13-15-20(16-14-19)28(2,3)4)30(33-25(23)27(29)32)21-10-6-5-7-11-21/h5-17,23-25H,1-4H3/t23-,24-,25+/m0/s1. The van der Waals surface area contributed by atoms with Gasteiger partial charge in [0, 0.05) is 0 Å². The maximum atomic E-state index is 13.7. The van der Waals surface area contributed by atoms with E-state index in [1.807, 2.05) is 55.5 Å². The Bertz CT molecular complexity index is 1200. The summed E-state index contributed by atoms with van der Waals surface area (Å²) in [5, 5.41) is 1.74. The van der Waals surface area contributed by atoms with Gasteiger partial charge >= 0.3 is 0 Å². The Morgan fingerprint density at radius 3 is 2.09 bits per heavy atom. The van der Waals surface area contributed by atoms with E-state index in [0.717, 1.165) is 16.8 Å². The second-order valence-corrected chi connectivity index (χ2v) is 9.88. The van der Waals surface area contributed by atoms with E-state index in [9.17, 15) is 9.59 Å². The van der Waals surface area contributed by atoms with Gasteiger partial charge in [0.05, 0.1) is 17.4 Å². The molecule has 2 aliphatic rings. The number of benzene rings is 3. The average Bonchev–Trinajstić information content (AvgIpc) is 3.30. The van der Waals surface area contributed by atoms with Crippen LogP contribution in [0.25, 0.3) is 0 Å². The summed E-state index contributed by atoms with van der Waals surface area (Å²) < 4.78 is 0. The number of para-hydroxylation sites is 1. The van der Waals surface area contributed by atoms with Gasteiger partial charge in [0.2, 0.25) is 5.91 Å². The van der Waals surface area contributed by atoms with Gasteiger partial charge in [0.15, 0.2) is 6.10 Å². The minimum atomic E-state index is -0.856. The normalized spacial score (nSPS) is 22.7. The number of anilines is 2. The lowest BCUT2D eigenvalue weighted by molar-refractivity contribution is -0.126. The molecule has 2 amide bonds. The number of nitrogens with zero attached hydrogens (tertiary/aromatic N) is 2. The predicted octanol–water partition coefficient (Wildman–Crippen LogP) is 5.34. The van der Waals surface area contributed by atoms with Gasteiger partial charge in [-0.3, -0.25) is 14.4 Å². The first kappa shape index (κ1) is 21.4. The molecule has 33 heavy (non-hydrogen) atoms. The molecule has 2 heterocycles. The largest absolute Gasteiger partial charge is 0.273 e. The Labute approximate surface area is 194 Å². The number of hydroxylamine groups is 1. The molecule has 0 aromatic heterocycles. The highest BCUT2D eigenvalue weighted by molar-refractivity contribution is 6.23. The maximum Gasteiger partial charge on any atom is 0.266 e. The monoisotopic (exact) mass is 440 g/mol. The number of carbonyl (C=O) groups is 2. The van der Waals surface area contributed by atoms with Crippen molar-refractivity contribution in [2.24, 2.45) is 5.92 Å². The van der Waals surface area contributed by atoms with Crippen molar-refractivity contribution in [1.82, 2.24) is 0 Å². The van der Waals surface area contributed by atoms with Crippen LogP contribution < -0.4 is 9.96 Å². The van der Waals surface area contributed by atoms with Crippen LogP contribution in [0.15, 0.2) is 78.9 Å². The van der Waals surface area contributed by atoms with E-state index in [4.69, 9.17) is 4.84 Å². The molecular weight excluding hydrogens is 412 g/mol. The van der Waals surface area contributed by atoms with Crippen molar-refractivity contribution in [2.45, 2.75) is 45.3 Å². The summed E-state index contributed by atoms with van der Waals surface area (Å²) in [5.74, 6) is -1.16. The molecule has 0 aliphatic carbocycles. The Morgan fingerprint density at radius 2 is 1.45 bits per heavy atom. The SMILES string of the molecule is Cc1cccc(N2C(=O)[C@@H]3[C@@H](ON(c4ccccc4)[C@H]3c3ccc(C(C)(C)C)cc3)C2=O)c1.